The van der Waals surface area contributed by atoms with Crippen molar-refractivity contribution in [3.63, 3.8) is 0 Å². The monoisotopic (exact) mass is 176 g/mol. The Morgan fingerprint density at radius 3 is 2.50 bits per heavy atom. The number of aliphatic hydroxyl groups is 1. The molecule has 1 fully saturated rings. The zero-order chi connectivity index (χ0) is 9.14. The Kier molecular flexibility index (Phi) is 3.46. The van der Waals surface area contributed by atoms with Gasteiger partial charge in [-0.1, -0.05) is 0 Å². The summed E-state index contributed by atoms with van der Waals surface area (Å²) in [5.74, 6) is 0. The van der Waals surface area contributed by atoms with E-state index in [1.54, 1.807) is 14.2 Å². The molecule has 4 nitrogen and oxygen atoms in total. The summed E-state index contributed by atoms with van der Waals surface area (Å²) >= 11 is 0. The van der Waals surface area contributed by atoms with Crippen molar-refractivity contribution < 1.29 is 19.3 Å². The van der Waals surface area contributed by atoms with Crippen LogP contribution in [0.3, 0.4) is 0 Å². The van der Waals surface area contributed by atoms with Crippen molar-refractivity contribution >= 4 is 0 Å². The van der Waals surface area contributed by atoms with E-state index in [0.29, 0.717) is 6.42 Å². The Balaban J connectivity index is 2.52. The van der Waals surface area contributed by atoms with Crippen LogP contribution in [-0.4, -0.2) is 43.9 Å². The number of methoxy groups -OCH3 is 2. The Hall–Kier alpha value is -0.160. The lowest BCUT2D eigenvalue weighted by molar-refractivity contribution is -0.241. The number of aliphatic hydroxyl groups excluding tert-OH is 1. The third-order valence-electron chi connectivity index (χ3n) is 2.22. The van der Waals surface area contributed by atoms with Crippen molar-refractivity contribution in [1.29, 1.82) is 0 Å². The van der Waals surface area contributed by atoms with Crippen LogP contribution in [0.4, 0.5) is 0 Å². The second-order valence-electron chi connectivity index (χ2n) is 3.01. The van der Waals surface area contributed by atoms with E-state index in [9.17, 15) is 5.11 Å². The molecule has 12 heavy (non-hydrogen) atoms. The minimum atomic E-state index is -0.554. The van der Waals surface area contributed by atoms with Crippen molar-refractivity contribution in [3.05, 3.63) is 0 Å². The third kappa shape index (κ3) is 1.95. The van der Waals surface area contributed by atoms with Crippen LogP contribution in [0, 0.1) is 0 Å². The van der Waals surface area contributed by atoms with Gasteiger partial charge in [0.15, 0.2) is 6.29 Å². The van der Waals surface area contributed by atoms with Gasteiger partial charge < -0.3 is 19.3 Å². The van der Waals surface area contributed by atoms with E-state index in [1.165, 1.54) is 0 Å². The fraction of sp³-hybridized carbons (Fsp3) is 1.00. The maximum Gasteiger partial charge on any atom is 0.160 e. The summed E-state index contributed by atoms with van der Waals surface area (Å²) in [6, 6.07) is 0. The summed E-state index contributed by atoms with van der Waals surface area (Å²) in [5, 5.41) is 9.55. The van der Waals surface area contributed by atoms with Crippen molar-refractivity contribution in [1.82, 2.24) is 0 Å². The highest BCUT2D eigenvalue weighted by atomic mass is 16.7. The van der Waals surface area contributed by atoms with Gasteiger partial charge in [-0.15, -0.1) is 0 Å². The first-order valence-corrected chi connectivity index (χ1v) is 4.08. The Bertz CT molecular complexity index is 139. The summed E-state index contributed by atoms with van der Waals surface area (Å²) in [6.45, 7) is 1.81. The van der Waals surface area contributed by atoms with Gasteiger partial charge >= 0.3 is 0 Å². The second kappa shape index (κ2) is 4.18. The Morgan fingerprint density at radius 1 is 1.33 bits per heavy atom. The quantitative estimate of drug-likeness (QED) is 0.650. The largest absolute Gasteiger partial charge is 0.388 e. The van der Waals surface area contributed by atoms with E-state index in [0.717, 1.165) is 0 Å². The molecule has 0 aliphatic carbocycles. The van der Waals surface area contributed by atoms with Gasteiger partial charge in [-0.2, -0.15) is 0 Å². The van der Waals surface area contributed by atoms with E-state index in [4.69, 9.17) is 14.2 Å². The molecule has 1 N–H and O–H groups in total. The summed E-state index contributed by atoms with van der Waals surface area (Å²) in [7, 11) is 3.17. The van der Waals surface area contributed by atoms with Gasteiger partial charge in [0.25, 0.3) is 0 Å². The second-order valence-corrected chi connectivity index (χ2v) is 3.01. The summed E-state index contributed by atoms with van der Waals surface area (Å²) < 4.78 is 15.5. The molecule has 0 radical (unpaired) electrons. The molecule has 0 saturated carbocycles. The Morgan fingerprint density at radius 2 is 2.00 bits per heavy atom. The van der Waals surface area contributed by atoms with Crippen LogP contribution >= 0.6 is 0 Å². The van der Waals surface area contributed by atoms with Crippen molar-refractivity contribution in [2.45, 2.75) is 37.9 Å². The predicted octanol–water partition coefficient (Wildman–Crippen LogP) is 0.144. The van der Waals surface area contributed by atoms with Gasteiger partial charge in [-0.3, -0.25) is 0 Å². The summed E-state index contributed by atoms with van der Waals surface area (Å²) in [6.07, 6.45) is -0.638. The zero-order valence-corrected chi connectivity index (χ0v) is 7.69. The number of rotatable bonds is 2. The van der Waals surface area contributed by atoms with Crippen LogP contribution in [-0.2, 0) is 14.2 Å². The van der Waals surface area contributed by atoms with Crippen LogP contribution in [0.25, 0.3) is 0 Å². The molecule has 0 aromatic carbocycles. The minimum Gasteiger partial charge on any atom is -0.388 e. The van der Waals surface area contributed by atoms with Crippen LogP contribution in [0.15, 0.2) is 0 Å². The number of hydrogen-bond donors (Lipinski definition) is 1. The van der Waals surface area contributed by atoms with Gasteiger partial charge in [0.1, 0.15) is 6.10 Å². The molecule has 72 valence electrons. The molecule has 0 bridgehead atoms. The van der Waals surface area contributed by atoms with E-state index in [1.807, 2.05) is 6.92 Å². The van der Waals surface area contributed by atoms with Crippen molar-refractivity contribution in [2.75, 3.05) is 14.2 Å². The molecule has 0 amide bonds. The van der Waals surface area contributed by atoms with Crippen LogP contribution in [0.2, 0.25) is 0 Å². The molecule has 1 rings (SSSR count). The topological polar surface area (TPSA) is 47.9 Å². The maximum absolute atomic E-state index is 9.55. The summed E-state index contributed by atoms with van der Waals surface area (Å²) in [4.78, 5) is 0. The third-order valence-corrected chi connectivity index (χ3v) is 2.22. The fourth-order valence-corrected chi connectivity index (χ4v) is 1.39. The molecular formula is C8H16O4. The van der Waals surface area contributed by atoms with Gasteiger partial charge in [0.05, 0.1) is 12.2 Å². The van der Waals surface area contributed by atoms with E-state index < -0.39 is 6.10 Å². The molecule has 0 aromatic heterocycles. The molecule has 1 aliphatic heterocycles. The normalized spacial score (nSPS) is 43.0. The standard InChI is InChI=1S/C8H16O4/c1-5-8(9)6(10-2)4-7(11-3)12-5/h5-9H,4H2,1-3H3/t5-,6+,7+,8?/m0/s1. The van der Waals surface area contributed by atoms with Gasteiger partial charge in [0.2, 0.25) is 0 Å². The number of hydrogen-bond acceptors (Lipinski definition) is 4. The van der Waals surface area contributed by atoms with Crippen molar-refractivity contribution in [3.8, 4) is 0 Å². The first-order valence-electron chi connectivity index (χ1n) is 4.08. The molecule has 1 aliphatic rings. The average Bonchev–Trinajstić information content (AvgIpc) is 2.09. The lowest BCUT2D eigenvalue weighted by atomic mass is 10.0. The molecular weight excluding hydrogens is 160 g/mol. The highest BCUT2D eigenvalue weighted by Gasteiger charge is 2.35. The average molecular weight is 176 g/mol. The minimum absolute atomic E-state index is 0.182. The summed E-state index contributed by atoms with van der Waals surface area (Å²) in [5.41, 5.74) is 0. The molecule has 0 spiro atoms. The lowest BCUT2D eigenvalue weighted by Gasteiger charge is -2.36. The lowest BCUT2D eigenvalue weighted by Crippen LogP contribution is -2.48. The fourth-order valence-electron chi connectivity index (χ4n) is 1.39. The van der Waals surface area contributed by atoms with Gasteiger partial charge in [0, 0.05) is 20.6 Å². The SMILES string of the molecule is CO[C@H]1C[C@@H](OC)C(O)[C@H](C)O1. The molecule has 4 heteroatoms. The first kappa shape index (κ1) is 9.92. The molecule has 0 aromatic rings. The van der Waals surface area contributed by atoms with Crippen LogP contribution < -0.4 is 0 Å². The Labute approximate surface area is 72.4 Å². The van der Waals surface area contributed by atoms with Crippen LogP contribution in [0.1, 0.15) is 13.3 Å². The highest BCUT2D eigenvalue weighted by molar-refractivity contribution is 4.80. The molecule has 1 heterocycles. The van der Waals surface area contributed by atoms with E-state index in [-0.39, 0.29) is 18.5 Å². The van der Waals surface area contributed by atoms with E-state index in [2.05, 4.69) is 0 Å². The highest BCUT2D eigenvalue weighted by Crippen LogP contribution is 2.22. The van der Waals surface area contributed by atoms with Gasteiger partial charge in [-0.25, -0.2) is 0 Å². The smallest absolute Gasteiger partial charge is 0.160 e. The predicted molar refractivity (Wildman–Crippen MR) is 42.8 cm³/mol. The first-order chi connectivity index (χ1) is 5.69. The van der Waals surface area contributed by atoms with Crippen LogP contribution in [0.5, 0.6) is 0 Å². The molecule has 1 unspecified atom stereocenters. The van der Waals surface area contributed by atoms with Crippen molar-refractivity contribution in [2.24, 2.45) is 0 Å². The maximum atomic E-state index is 9.55. The molecule has 1 saturated heterocycles. The zero-order valence-electron chi connectivity index (χ0n) is 7.69. The van der Waals surface area contributed by atoms with Gasteiger partial charge in [-0.05, 0) is 6.92 Å². The van der Waals surface area contributed by atoms with E-state index >= 15 is 0 Å². The number of ether oxygens (including phenoxy) is 3. The molecule has 4 atom stereocenters.